The molecular formula is C14H13F2NO2S. The molecule has 2 aromatic carbocycles. The fourth-order valence-corrected chi connectivity index (χ4v) is 2.97. The number of hydrogen-bond acceptors (Lipinski definition) is 2. The molecule has 20 heavy (non-hydrogen) atoms. The lowest BCUT2D eigenvalue weighted by Gasteiger charge is -2.14. The van der Waals surface area contributed by atoms with Crippen molar-refractivity contribution < 1.29 is 17.2 Å². The van der Waals surface area contributed by atoms with Gasteiger partial charge in [0.2, 0.25) is 10.0 Å². The maximum Gasteiger partial charge on any atom is 0.241 e. The first kappa shape index (κ1) is 14.6. The summed E-state index contributed by atoms with van der Waals surface area (Å²) in [6.45, 7) is 1.65. The highest BCUT2D eigenvalue weighted by Crippen LogP contribution is 2.17. The molecule has 0 aromatic heterocycles. The van der Waals surface area contributed by atoms with Crippen LogP contribution in [0.4, 0.5) is 8.78 Å². The molecule has 1 atom stereocenters. The van der Waals surface area contributed by atoms with Gasteiger partial charge in [0.05, 0.1) is 4.90 Å². The summed E-state index contributed by atoms with van der Waals surface area (Å²) in [5, 5.41) is 0. The second-order valence-electron chi connectivity index (χ2n) is 4.35. The summed E-state index contributed by atoms with van der Waals surface area (Å²) < 4.78 is 52.2. The summed E-state index contributed by atoms with van der Waals surface area (Å²) in [4.78, 5) is -0.0205. The van der Waals surface area contributed by atoms with Crippen LogP contribution in [0.25, 0.3) is 0 Å². The van der Waals surface area contributed by atoms with E-state index in [-0.39, 0.29) is 10.7 Å². The maximum atomic E-state index is 12.8. The lowest BCUT2D eigenvalue weighted by molar-refractivity contribution is 0.565. The van der Waals surface area contributed by atoms with Crippen molar-refractivity contribution in [2.75, 3.05) is 0 Å². The fourth-order valence-electron chi connectivity index (χ4n) is 1.73. The van der Waals surface area contributed by atoms with E-state index < -0.39 is 21.9 Å². The van der Waals surface area contributed by atoms with Crippen LogP contribution in [0.2, 0.25) is 0 Å². The summed E-state index contributed by atoms with van der Waals surface area (Å²) in [6.07, 6.45) is 0. The predicted octanol–water partition coefficient (Wildman–Crippen LogP) is 3.00. The van der Waals surface area contributed by atoms with Gasteiger partial charge in [0.1, 0.15) is 11.6 Å². The van der Waals surface area contributed by atoms with Gasteiger partial charge >= 0.3 is 0 Å². The lowest BCUT2D eigenvalue weighted by atomic mass is 10.1. The normalized spacial score (nSPS) is 13.2. The molecule has 1 N–H and O–H groups in total. The molecule has 0 amide bonds. The number of sulfonamides is 1. The van der Waals surface area contributed by atoms with Crippen LogP contribution in [0.1, 0.15) is 18.5 Å². The predicted molar refractivity (Wildman–Crippen MR) is 71.5 cm³/mol. The van der Waals surface area contributed by atoms with E-state index in [4.69, 9.17) is 0 Å². The van der Waals surface area contributed by atoms with Gasteiger partial charge in [-0.3, -0.25) is 0 Å². The molecule has 0 unspecified atom stereocenters. The maximum absolute atomic E-state index is 12.8. The minimum Gasteiger partial charge on any atom is -0.207 e. The molecule has 2 aromatic rings. The van der Waals surface area contributed by atoms with Crippen LogP contribution in [-0.2, 0) is 10.0 Å². The van der Waals surface area contributed by atoms with Gasteiger partial charge in [-0.15, -0.1) is 0 Å². The Morgan fingerprint density at radius 2 is 1.35 bits per heavy atom. The van der Waals surface area contributed by atoms with Crippen molar-refractivity contribution in [2.24, 2.45) is 0 Å². The molecule has 3 nitrogen and oxygen atoms in total. The minimum atomic E-state index is -3.74. The quantitative estimate of drug-likeness (QED) is 0.943. The summed E-state index contributed by atoms with van der Waals surface area (Å²) in [7, 11) is -3.74. The number of nitrogens with one attached hydrogen (secondary N) is 1. The van der Waals surface area contributed by atoms with Crippen LogP contribution in [-0.4, -0.2) is 8.42 Å². The van der Waals surface area contributed by atoms with Crippen molar-refractivity contribution in [2.45, 2.75) is 17.9 Å². The van der Waals surface area contributed by atoms with E-state index in [1.165, 1.54) is 36.4 Å². The molecule has 106 valence electrons. The zero-order chi connectivity index (χ0) is 14.8. The Morgan fingerprint density at radius 3 is 1.85 bits per heavy atom. The summed E-state index contributed by atoms with van der Waals surface area (Å²) in [6, 6.07) is 9.56. The van der Waals surface area contributed by atoms with Gasteiger partial charge in [0.15, 0.2) is 0 Å². The fraction of sp³-hybridized carbons (Fsp3) is 0.143. The van der Waals surface area contributed by atoms with E-state index in [1.54, 1.807) is 6.92 Å². The van der Waals surface area contributed by atoms with E-state index >= 15 is 0 Å². The molecule has 0 saturated carbocycles. The monoisotopic (exact) mass is 297 g/mol. The average molecular weight is 297 g/mol. The molecule has 0 bridgehead atoms. The highest BCUT2D eigenvalue weighted by Gasteiger charge is 2.18. The SMILES string of the molecule is C[C@@H](NS(=O)(=O)c1ccc(F)cc1)c1ccc(F)cc1. The van der Waals surface area contributed by atoms with Crippen molar-refractivity contribution >= 4 is 10.0 Å². The number of rotatable bonds is 4. The lowest BCUT2D eigenvalue weighted by Crippen LogP contribution is -2.26. The molecule has 0 saturated heterocycles. The van der Waals surface area contributed by atoms with Crippen molar-refractivity contribution in [1.29, 1.82) is 0 Å². The third kappa shape index (κ3) is 3.40. The topological polar surface area (TPSA) is 46.2 Å². The second kappa shape index (κ2) is 5.68. The van der Waals surface area contributed by atoms with Crippen LogP contribution in [0.3, 0.4) is 0 Å². The highest BCUT2D eigenvalue weighted by molar-refractivity contribution is 7.89. The summed E-state index contributed by atoms with van der Waals surface area (Å²) in [5.41, 5.74) is 0.636. The Balaban J connectivity index is 2.19. The van der Waals surface area contributed by atoms with Crippen LogP contribution >= 0.6 is 0 Å². The van der Waals surface area contributed by atoms with Gasteiger partial charge in [-0.2, -0.15) is 0 Å². The Hall–Kier alpha value is -1.79. The third-order valence-electron chi connectivity index (χ3n) is 2.83. The van der Waals surface area contributed by atoms with Gasteiger partial charge in [0.25, 0.3) is 0 Å². The third-order valence-corrected chi connectivity index (χ3v) is 4.38. The van der Waals surface area contributed by atoms with Crippen LogP contribution < -0.4 is 4.72 Å². The van der Waals surface area contributed by atoms with E-state index in [2.05, 4.69) is 4.72 Å². The van der Waals surface area contributed by atoms with Gasteiger partial charge in [-0.1, -0.05) is 12.1 Å². The Bertz CT molecular complexity index is 682. The second-order valence-corrected chi connectivity index (χ2v) is 6.06. The van der Waals surface area contributed by atoms with E-state index in [0.717, 1.165) is 12.1 Å². The molecule has 0 radical (unpaired) electrons. The van der Waals surface area contributed by atoms with Gasteiger partial charge < -0.3 is 0 Å². The molecule has 6 heteroatoms. The van der Waals surface area contributed by atoms with Crippen molar-refractivity contribution in [3.05, 3.63) is 65.7 Å². The molecular weight excluding hydrogens is 284 g/mol. The van der Waals surface area contributed by atoms with E-state index in [0.29, 0.717) is 5.56 Å². The zero-order valence-electron chi connectivity index (χ0n) is 10.7. The average Bonchev–Trinajstić information content (AvgIpc) is 2.39. The van der Waals surface area contributed by atoms with Crippen molar-refractivity contribution in [3.63, 3.8) is 0 Å². The molecule has 2 rings (SSSR count). The summed E-state index contributed by atoms with van der Waals surface area (Å²) in [5.74, 6) is -0.891. The smallest absolute Gasteiger partial charge is 0.207 e. The molecule has 0 aliphatic carbocycles. The number of halogens is 2. The van der Waals surface area contributed by atoms with Crippen LogP contribution in [0.15, 0.2) is 53.4 Å². The van der Waals surface area contributed by atoms with Crippen molar-refractivity contribution in [1.82, 2.24) is 4.72 Å². The largest absolute Gasteiger partial charge is 0.241 e. The minimum absolute atomic E-state index is 0.0205. The first-order chi connectivity index (χ1) is 9.38. The van der Waals surface area contributed by atoms with Crippen LogP contribution in [0, 0.1) is 11.6 Å². The molecule has 0 fully saturated rings. The number of benzene rings is 2. The van der Waals surface area contributed by atoms with Crippen molar-refractivity contribution in [3.8, 4) is 0 Å². The van der Waals surface area contributed by atoms with E-state index in [9.17, 15) is 17.2 Å². The van der Waals surface area contributed by atoms with Crippen LogP contribution in [0.5, 0.6) is 0 Å². The highest BCUT2D eigenvalue weighted by atomic mass is 32.2. The Morgan fingerprint density at radius 1 is 0.900 bits per heavy atom. The molecule has 0 spiro atoms. The zero-order valence-corrected chi connectivity index (χ0v) is 11.5. The van der Waals surface area contributed by atoms with Gasteiger partial charge in [0, 0.05) is 6.04 Å². The number of hydrogen-bond donors (Lipinski definition) is 1. The molecule has 0 aliphatic heterocycles. The molecule has 0 aliphatic rings. The Labute approximate surface area is 116 Å². The first-order valence-corrected chi connectivity index (χ1v) is 7.40. The van der Waals surface area contributed by atoms with E-state index in [1.807, 2.05) is 0 Å². The summed E-state index contributed by atoms with van der Waals surface area (Å²) >= 11 is 0. The first-order valence-electron chi connectivity index (χ1n) is 5.92. The van der Waals surface area contributed by atoms with Gasteiger partial charge in [-0.25, -0.2) is 21.9 Å². The Kier molecular flexibility index (Phi) is 4.15. The van der Waals surface area contributed by atoms with Gasteiger partial charge in [-0.05, 0) is 48.9 Å². The standard InChI is InChI=1S/C14H13F2NO2S/c1-10(11-2-4-12(15)5-3-11)17-20(18,19)14-8-6-13(16)7-9-14/h2-10,17H,1H3/t10-/m1/s1. The molecule has 0 heterocycles.